The van der Waals surface area contributed by atoms with Gasteiger partial charge in [-0.15, -0.1) is 0 Å². The van der Waals surface area contributed by atoms with E-state index in [1.807, 2.05) is 25.1 Å². The van der Waals surface area contributed by atoms with E-state index in [4.69, 9.17) is 9.47 Å². The average Bonchev–Trinajstić information content (AvgIpc) is 2.68. The second-order valence-electron chi connectivity index (χ2n) is 6.11. The normalized spacial score (nSPS) is 12.6. The van der Waals surface area contributed by atoms with Crippen molar-refractivity contribution in [2.45, 2.75) is 26.4 Å². The Morgan fingerprint density at radius 2 is 2.11 bits per heavy atom. The number of hydrogen-bond donors (Lipinski definition) is 2. The first-order valence-corrected chi connectivity index (χ1v) is 8.84. The first-order valence-electron chi connectivity index (χ1n) is 8.84. The fourth-order valence-corrected chi connectivity index (χ4v) is 2.45. The van der Waals surface area contributed by atoms with Gasteiger partial charge in [0.2, 0.25) is 5.88 Å². The maximum absolute atomic E-state index is 13.8. The van der Waals surface area contributed by atoms with E-state index in [0.29, 0.717) is 37.2 Å². The molecule has 0 aliphatic rings. The molecular weight excluding hydrogens is 347 g/mol. The number of nitrogens with zero attached hydrogens (tertiary/aromatic N) is 2. The summed E-state index contributed by atoms with van der Waals surface area (Å²) in [4.78, 5) is 8.49. The molecule has 0 fully saturated rings. The van der Waals surface area contributed by atoms with Crippen molar-refractivity contribution in [2.75, 3.05) is 27.4 Å². The fraction of sp³-hybridized carbons (Fsp3) is 0.400. The van der Waals surface area contributed by atoms with Crippen LogP contribution in [0.3, 0.4) is 0 Å². The summed E-state index contributed by atoms with van der Waals surface area (Å²) in [7, 11) is 3.32. The number of nitrogens with one attached hydrogen (secondary N) is 2. The number of pyridine rings is 1. The van der Waals surface area contributed by atoms with Gasteiger partial charge in [0, 0.05) is 32.5 Å². The van der Waals surface area contributed by atoms with Gasteiger partial charge < -0.3 is 20.1 Å². The smallest absolute Gasteiger partial charge is 0.218 e. The Hall–Kier alpha value is -2.67. The van der Waals surface area contributed by atoms with Gasteiger partial charge in [0.1, 0.15) is 12.4 Å². The van der Waals surface area contributed by atoms with Crippen molar-refractivity contribution < 1.29 is 13.9 Å². The van der Waals surface area contributed by atoms with Gasteiger partial charge in [-0.1, -0.05) is 18.2 Å². The summed E-state index contributed by atoms with van der Waals surface area (Å²) in [6.45, 7) is 5.13. The van der Waals surface area contributed by atoms with Gasteiger partial charge in [-0.2, -0.15) is 0 Å². The maximum atomic E-state index is 13.8. The highest BCUT2D eigenvalue weighted by molar-refractivity contribution is 5.80. The Morgan fingerprint density at radius 3 is 2.81 bits per heavy atom. The van der Waals surface area contributed by atoms with E-state index < -0.39 is 0 Å². The van der Waals surface area contributed by atoms with Crippen molar-refractivity contribution in [1.82, 2.24) is 15.6 Å². The maximum Gasteiger partial charge on any atom is 0.218 e. The number of aromatic nitrogens is 1. The fourth-order valence-electron chi connectivity index (χ4n) is 2.45. The summed E-state index contributed by atoms with van der Waals surface area (Å²) < 4.78 is 24.4. The van der Waals surface area contributed by atoms with Gasteiger partial charge in [0.25, 0.3) is 0 Å². The quantitative estimate of drug-likeness (QED) is 0.422. The van der Waals surface area contributed by atoms with Crippen molar-refractivity contribution in [3.8, 4) is 5.88 Å². The highest BCUT2D eigenvalue weighted by Gasteiger charge is 2.11. The lowest BCUT2D eigenvalue weighted by Gasteiger charge is -2.19. The molecule has 0 spiro atoms. The van der Waals surface area contributed by atoms with Crippen LogP contribution >= 0.6 is 0 Å². The Kier molecular flexibility index (Phi) is 8.00. The van der Waals surface area contributed by atoms with Crippen molar-refractivity contribution in [2.24, 2.45) is 4.99 Å². The molecular formula is C20H27FN4O2. The van der Waals surface area contributed by atoms with E-state index in [1.165, 1.54) is 0 Å². The highest BCUT2D eigenvalue weighted by atomic mass is 19.1. The molecule has 0 amide bonds. The minimum absolute atomic E-state index is 0.0994. The molecule has 1 heterocycles. The zero-order chi connectivity index (χ0) is 19.6. The Morgan fingerprint density at radius 1 is 1.30 bits per heavy atom. The lowest BCUT2D eigenvalue weighted by Crippen LogP contribution is -2.38. The zero-order valence-corrected chi connectivity index (χ0v) is 16.3. The molecule has 2 aromatic rings. The number of rotatable bonds is 8. The van der Waals surface area contributed by atoms with Crippen LogP contribution in [0.5, 0.6) is 5.88 Å². The number of methoxy groups -OCH3 is 1. The van der Waals surface area contributed by atoms with Crippen LogP contribution in [-0.4, -0.2) is 38.3 Å². The van der Waals surface area contributed by atoms with Crippen molar-refractivity contribution in [3.63, 3.8) is 0 Å². The lowest BCUT2D eigenvalue weighted by atomic mass is 10.1. The van der Waals surface area contributed by atoms with E-state index in [-0.39, 0.29) is 11.9 Å². The molecule has 6 nitrogen and oxygen atoms in total. The third-order valence-electron chi connectivity index (χ3n) is 4.10. The largest absolute Gasteiger partial charge is 0.475 e. The molecule has 146 valence electrons. The van der Waals surface area contributed by atoms with Crippen LogP contribution in [0.15, 0.2) is 41.5 Å². The van der Waals surface area contributed by atoms with E-state index in [2.05, 4.69) is 20.6 Å². The molecule has 1 unspecified atom stereocenters. The molecule has 1 aromatic heterocycles. The standard InChI is InChI=1S/C20H27FN4O2/c1-14-7-8-16(12-18(14)21)15(2)25-20(22-3)24-13-17-6-5-9-23-19(17)27-11-10-26-4/h5-9,12,15H,10-11,13H2,1-4H3,(H2,22,24,25). The monoisotopic (exact) mass is 374 g/mol. The van der Waals surface area contributed by atoms with Crippen LogP contribution in [0.1, 0.15) is 29.7 Å². The van der Waals surface area contributed by atoms with Crippen molar-refractivity contribution in [1.29, 1.82) is 0 Å². The first kappa shape index (κ1) is 20.6. The SMILES string of the molecule is CN=C(NCc1cccnc1OCCOC)NC(C)c1ccc(C)c(F)c1. The molecule has 0 saturated heterocycles. The summed E-state index contributed by atoms with van der Waals surface area (Å²) >= 11 is 0. The van der Waals surface area contributed by atoms with Gasteiger partial charge in [-0.25, -0.2) is 9.37 Å². The van der Waals surface area contributed by atoms with Crippen LogP contribution in [0, 0.1) is 12.7 Å². The molecule has 0 bridgehead atoms. The van der Waals surface area contributed by atoms with Gasteiger partial charge in [-0.05, 0) is 37.1 Å². The number of ether oxygens (including phenoxy) is 2. The average molecular weight is 374 g/mol. The number of halogens is 1. The molecule has 2 rings (SSSR count). The van der Waals surface area contributed by atoms with Crippen LogP contribution in [0.25, 0.3) is 0 Å². The van der Waals surface area contributed by atoms with E-state index in [9.17, 15) is 4.39 Å². The first-order chi connectivity index (χ1) is 13.0. The number of benzene rings is 1. The van der Waals surface area contributed by atoms with Gasteiger partial charge in [-0.3, -0.25) is 4.99 Å². The van der Waals surface area contributed by atoms with E-state index >= 15 is 0 Å². The van der Waals surface area contributed by atoms with Crippen LogP contribution in [0.4, 0.5) is 4.39 Å². The van der Waals surface area contributed by atoms with Crippen LogP contribution in [-0.2, 0) is 11.3 Å². The van der Waals surface area contributed by atoms with Crippen LogP contribution < -0.4 is 15.4 Å². The zero-order valence-electron chi connectivity index (χ0n) is 16.3. The summed E-state index contributed by atoms with van der Waals surface area (Å²) in [5.41, 5.74) is 2.39. The summed E-state index contributed by atoms with van der Waals surface area (Å²) in [6, 6.07) is 8.92. The Bertz CT molecular complexity index is 767. The lowest BCUT2D eigenvalue weighted by molar-refractivity contribution is 0.143. The molecule has 2 N–H and O–H groups in total. The Balaban J connectivity index is 1.96. The molecule has 27 heavy (non-hydrogen) atoms. The molecule has 0 aliphatic heterocycles. The highest BCUT2D eigenvalue weighted by Crippen LogP contribution is 2.17. The molecule has 0 aliphatic carbocycles. The van der Waals surface area contributed by atoms with Crippen LogP contribution in [0.2, 0.25) is 0 Å². The third kappa shape index (κ3) is 6.21. The minimum atomic E-state index is -0.211. The molecule has 0 saturated carbocycles. The van der Waals surface area contributed by atoms with Gasteiger partial charge in [0.05, 0.1) is 12.6 Å². The van der Waals surface area contributed by atoms with Crippen molar-refractivity contribution >= 4 is 5.96 Å². The van der Waals surface area contributed by atoms with Crippen molar-refractivity contribution in [3.05, 3.63) is 59.0 Å². The molecule has 0 radical (unpaired) electrons. The Labute approximate surface area is 159 Å². The number of aryl methyl sites for hydroxylation is 1. The molecule has 1 atom stereocenters. The number of guanidine groups is 1. The minimum Gasteiger partial charge on any atom is -0.475 e. The summed E-state index contributed by atoms with van der Waals surface area (Å²) in [5.74, 6) is 0.957. The second kappa shape index (κ2) is 10.5. The van der Waals surface area contributed by atoms with E-state index in [0.717, 1.165) is 11.1 Å². The predicted octanol–water partition coefficient (Wildman–Crippen LogP) is 2.98. The summed E-state index contributed by atoms with van der Waals surface area (Å²) in [6.07, 6.45) is 1.69. The summed E-state index contributed by atoms with van der Waals surface area (Å²) in [5, 5.41) is 6.50. The molecule has 7 heteroatoms. The topological polar surface area (TPSA) is 67.8 Å². The molecule has 1 aromatic carbocycles. The van der Waals surface area contributed by atoms with E-state index in [1.54, 1.807) is 39.4 Å². The third-order valence-corrected chi connectivity index (χ3v) is 4.10. The number of hydrogen-bond acceptors (Lipinski definition) is 4. The van der Waals surface area contributed by atoms with Gasteiger partial charge in [0.15, 0.2) is 5.96 Å². The predicted molar refractivity (Wildman–Crippen MR) is 104 cm³/mol. The second-order valence-corrected chi connectivity index (χ2v) is 6.11. The van der Waals surface area contributed by atoms with Gasteiger partial charge >= 0.3 is 0 Å². The number of aliphatic imine (C=N–C) groups is 1.